The Balaban J connectivity index is 1.67. The first-order valence-corrected chi connectivity index (χ1v) is 8.95. The number of piperidine rings is 1. The zero-order chi connectivity index (χ0) is 19.0. The predicted molar refractivity (Wildman–Crippen MR) is 99.4 cm³/mol. The third kappa shape index (κ3) is 3.28. The standard InChI is InChI=1S/C20H20N4O3/c1-12-9-17(27-23-12)20(26)24-8-4-6-14(11-24)18-15(19(21)25)10-13-5-2-3-7-16(13)22-18/h2-3,5,7,9-10,14H,4,6,8,11H2,1H3,(H2,21,25)/t14-/m0/s1. The van der Waals surface area contributed by atoms with Gasteiger partial charge in [0.1, 0.15) is 0 Å². The van der Waals surface area contributed by atoms with Crippen LogP contribution in [0.3, 0.4) is 0 Å². The number of carbonyl (C=O) groups is 2. The summed E-state index contributed by atoms with van der Waals surface area (Å²) < 4.78 is 5.11. The number of nitrogens with two attached hydrogens (primary N) is 1. The number of benzene rings is 1. The van der Waals surface area contributed by atoms with Gasteiger partial charge in [0.05, 0.1) is 22.5 Å². The summed E-state index contributed by atoms with van der Waals surface area (Å²) in [5.74, 6) is -0.521. The molecule has 0 radical (unpaired) electrons. The number of primary amides is 1. The fourth-order valence-corrected chi connectivity index (χ4v) is 3.64. The minimum Gasteiger partial charge on any atom is -0.366 e. The van der Waals surface area contributed by atoms with Crippen molar-refractivity contribution in [1.29, 1.82) is 0 Å². The number of likely N-dealkylation sites (tertiary alicyclic amines) is 1. The molecule has 3 heterocycles. The van der Waals surface area contributed by atoms with E-state index in [1.54, 1.807) is 24.0 Å². The van der Waals surface area contributed by atoms with Gasteiger partial charge in [-0.25, -0.2) is 0 Å². The Morgan fingerprint density at radius 2 is 2.07 bits per heavy atom. The molecule has 7 heteroatoms. The van der Waals surface area contributed by atoms with E-state index < -0.39 is 5.91 Å². The zero-order valence-corrected chi connectivity index (χ0v) is 15.0. The Morgan fingerprint density at radius 3 is 2.81 bits per heavy atom. The Morgan fingerprint density at radius 1 is 1.26 bits per heavy atom. The smallest absolute Gasteiger partial charge is 0.292 e. The Labute approximate surface area is 156 Å². The molecule has 1 aromatic carbocycles. The lowest BCUT2D eigenvalue weighted by molar-refractivity contribution is 0.0663. The van der Waals surface area contributed by atoms with Crippen molar-refractivity contribution in [3.63, 3.8) is 0 Å². The van der Waals surface area contributed by atoms with E-state index >= 15 is 0 Å². The topological polar surface area (TPSA) is 102 Å². The van der Waals surface area contributed by atoms with Crippen LogP contribution >= 0.6 is 0 Å². The van der Waals surface area contributed by atoms with Crippen LogP contribution in [0.4, 0.5) is 0 Å². The highest BCUT2D eigenvalue weighted by molar-refractivity contribution is 5.98. The highest BCUT2D eigenvalue weighted by atomic mass is 16.5. The molecular weight excluding hydrogens is 344 g/mol. The van der Waals surface area contributed by atoms with E-state index in [1.165, 1.54) is 0 Å². The second-order valence-electron chi connectivity index (χ2n) is 6.90. The molecule has 0 spiro atoms. The summed E-state index contributed by atoms with van der Waals surface area (Å²) in [5, 5.41) is 4.66. The van der Waals surface area contributed by atoms with E-state index in [9.17, 15) is 9.59 Å². The molecule has 27 heavy (non-hydrogen) atoms. The first kappa shape index (κ1) is 17.2. The fourth-order valence-electron chi connectivity index (χ4n) is 3.64. The normalized spacial score (nSPS) is 17.2. The molecule has 1 fully saturated rings. The van der Waals surface area contributed by atoms with Gasteiger partial charge in [0, 0.05) is 30.5 Å². The largest absolute Gasteiger partial charge is 0.366 e. The summed E-state index contributed by atoms with van der Waals surface area (Å²) in [4.78, 5) is 31.2. The summed E-state index contributed by atoms with van der Waals surface area (Å²) in [5.41, 5.74) is 8.18. The van der Waals surface area contributed by atoms with Crippen molar-refractivity contribution >= 4 is 22.7 Å². The number of nitrogens with zero attached hydrogens (tertiary/aromatic N) is 3. The van der Waals surface area contributed by atoms with Crippen molar-refractivity contribution in [3.8, 4) is 0 Å². The second kappa shape index (κ2) is 6.83. The van der Waals surface area contributed by atoms with E-state index in [0.29, 0.717) is 30.0 Å². The molecule has 2 amide bonds. The van der Waals surface area contributed by atoms with E-state index in [1.807, 2.05) is 24.3 Å². The summed E-state index contributed by atoms with van der Waals surface area (Å²) >= 11 is 0. The average molecular weight is 364 g/mol. The number of para-hydroxylation sites is 1. The number of hydrogen-bond acceptors (Lipinski definition) is 5. The summed E-state index contributed by atoms with van der Waals surface area (Å²) in [6.07, 6.45) is 1.65. The number of aryl methyl sites for hydroxylation is 1. The third-order valence-electron chi connectivity index (χ3n) is 4.95. The lowest BCUT2D eigenvalue weighted by Crippen LogP contribution is -2.39. The Hall–Kier alpha value is -3.22. The van der Waals surface area contributed by atoms with Gasteiger partial charge in [-0.15, -0.1) is 0 Å². The molecule has 7 nitrogen and oxygen atoms in total. The highest BCUT2D eigenvalue weighted by Crippen LogP contribution is 2.30. The molecule has 2 aromatic heterocycles. The first-order chi connectivity index (χ1) is 13.0. The quantitative estimate of drug-likeness (QED) is 0.770. The van der Waals surface area contributed by atoms with Crippen molar-refractivity contribution in [2.75, 3.05) is 13.1 Å². The monoisotopic (exact) mass is 364 g/mol. The van der Waals surface area contributed by atoms with Gasteiger partial charge in [-0.05, 0) is 31.9 Å². The molecule has 138 valence electrons. The molecule has 3 aromatic rings. The lowest BCUT2D eigenvalue weighted by Gasteiger charge is -2.32. The van der Waals surface area contributed by atoms with Crippen LogP contribution in [0.1, 0.15) is 51.1 Å². The van der Waals surface area contributed by atoms with Gasteiger partial charge < -0.3 is 15.2 Å². The van der Waals surface area contributed by atoms with Gasteiger partial charge in [0.2, 0.25) is 5.76 Å². The number of rotatable bonds is 3. The van der Waals surface area contributed by atoms with Crippen molar-refractivity contribution in [1.82, 2.24) is 15.0 Å². The van der Waals surface area contributed by atoms with Crippen molar-refractivity contribution in [2.45, 2.75) is 25.7 Å². The van der Waals surface area contributed by atoms with Crippen molar-refractivity contribution < 1.29 is 14.1 Å². The predicted octanol–water partition coefficient (Wildman–Crippen LogP) is 2.65. The SMILES string of the molecule is Cc1cc(C(=O)N2CCC[C@H](c3nc4ccccc4cc3C(N)=O)C2)on1. The molecule has 1 saturated heterocycles. The number of hydrogen-bond donors (Lipinski definition) is 1. The van der Waals surface area contributed by atoms with E-state index in [0.717, 1.165) is 23.7 Å². The van der Waals surface area contributed by atoms with Crippen LogP contribution in [0.2, 0.25) is 0 Å². The molecule has 1 aliphatic heterocycles. The zero-order valence-electron chi connectivity index (χ0n) is 15.0. The number of pyridine rings is 1. The number of amides is 2. The second-order valence-corrected chi connectivity index (χ2v) is 6.90. The van der Waals surface area contributed by atoms with Crippen LogP contribution in [0.15, 0.2) is 40.9 Å². The lowest BCUT2D eigenvalue weighted by atomic mass is 9.90. The molecular formula is C20H20N4O3. The molecule has 0 aliphatic carbocycles. The van der Waals surface area contributed by atoms with Gasteiger partial charge in [-0.2, -0.15) is 0 Å². The first-order valence-electron chi connectivity index (χ1n) is 8.95. The van der Waals surface area contributed by atoms with Gasteiger partial charge in [-0.1, -0.05) is 23.4 Å². The van der Waals surface area contributed by atoms with Crippen molar-refractivity contribution in [3.05, 3.63) is 59.1 Å². The Kier molecular flexibility index (Phi) is 4.35. The molecule has 2 N–H and O–H groups in total. The maximum Gasteiger partial charge on any atom is 0.292 e. The molecule has 0 bridgehead atoms. The van der Waals surface area contributed by atoms with E-state index in [-0.39, 0.29) is 17.6 Å². The molecule has 0 saturated carbocycles. The fraction of sp³-hybridized carbons (Fsp3) is 0.300. The van der Waals surface area contributed by atoms with Crippen LogP contribution in [0, 0.1) is 6.92 Å². The maximum absolute atomic E-state index is 12.7. The summed E-state index contributed by atoms with van der Waals surface area (Å²) in [7, 11) is 0. The summed E-state index contributed by atoms with van der Waals surface area (Å²) in [6, 6.07) is 11.0. The summed E-state index contributed by atoms with van der Waals surface area (Å²) in [6.45, 7) is 2.87. The van der Waals surface area contributed by atoms with Gasteiger partial charge in [-0.3, -0.25) is 14.6 Å². The number of carbonyl (C=O) groups excluding carboxylic acids is 2. The minimum atomic E-state index is -0.502. The Bertz CT molecular complexity index is 1030. The van der Waals surface area contributed by atoms with Crippen LogP contribution < -0.4 is 5.73 Å². The maximum atomic E-state index is 12.7. The van der Waals surface area contributed by atoms with Crippen LogP contribution in [-0.4, -0.2) is 39.9 Å². The van der Waals surface area contributed by atoms with Crippen LogP contribution in [-0.2, 0) is 0 Å². The number of aromatic nitrogens is 2. The van der Waals surface area contributed by atoms with Crippen LogP contribution in [0.5, 0.6) is 0 Å². The molecule has 4 rings (SSSR count). The third-order valence-corrected chi connectivity index (χ3v) is 4.95. The van der Waals surface area contributed by atoms with Gasteiger partial charge in [0.15, 0.2) is 0 Å². The van der Waals surface area contributed by atoms with Gasteiger partial charge in [0.25, 0.3) is 11.8 Å². The van der Waals surface area contributed by atoms with E-state index in [2.05, 4.69) is 5.16 Å². The highest BCUT2D eigenvalue weighted by Gasteiger charge is 2.30. The minimum absolute atomic E-state index is 0.0566. The van der Waals surface area contributed by atoms with Crippen molar-refractivity contribution in [2.24, 2.45) is 5.73 Å². The molecule has 0 unspecified atom stereocenters. The molecule has 1 atom stereocenters. The van der Waals surface area contributed by atoms with Gasteiger partial charge >= 0.3 is 0 Å². The molecule has 1 aliphatic rings. The number of fused-ring (bicyclic) bond motifs is 1. The van der Waals surface area contributed by atoms with Crippen LogP contribution in [0.25, 0.3) is 10.9 Å². The average Bonchev–Trinajstić information content (AvgIpc) is 3.12. The van der Waals surface area contributed by atoms with E-state index in [4.69, 9.17) is 15.2 Å².